The van der Waals surface area contributed by atoms with E-state index in [-0.39, 0.29) is 6.54 Å². The summed E-state index contributed by atoms with van der Waals surface area (Å²) in [6.45, 7) is 0.260. The van der Waals surface area contributed by atoms with Crippen molar-refractivity contribution in [3.8, 4) is 0 Å². The first-order chi connectivity index (χ1) is 9.97. The number of anilines is 1. The molecule has 0 heterocycles. The molecule has 0 radical (unpaired) electrons. The number of amides is 1. The zero-order valence-electron chi connectivity index (χ0n) is 11.0. The van der Waals surface area contributed by atoms with Gasteiger partial charge < -0.3 is 16.2 Å². The maximum Gasteiger partial charge on any atom is 0.248 e. The lowest BCUT2D eigenvalue weighted by molar-refractivity contribution is 0.100. The summed E-state index contributed by atoms with van der Waals surface area (Å²) in [5.41, 5.74) is 6.92. The van der Waals surface area contributed by atoms with Gasteiger partial charge in [0.2, 0.25) is 5.91 Å². The van der Waals surface area contributed by atoms with Crippen LogP contribution in [-0.2, 0) is 0 Å². The molecule has 1 unspecified atom stereocenters. The van der Waals surface area contributed by atoms with Gasteiger partial charge in [0, 0.05) is 33.4 Å². The number of rotatable bonds is 5. The minimum Gasteiger partial charge on any atom is -0.387 e. The first-order valence-corrected chi connectivity index (χ1v) is 6.99. The molecule has 4 N–H and O–H groups in total. The molecule has 6 heteroatoms. The van der Waals surface area contributed by atoms with E-state index in [1.165, 1.54) is 0 Å². The Kier molecular flexibility index (Phi) is 5.07. The normalized spacial score (nSPS) is 12.0. The van der Waals surface area contributed by atoms with Crippen LogP contribution in [0.5, 0.6) is 0 Å². The molecule has 2 rings (SSSR count). The highest BCUT2D eigenvalue weighted by Crippen LogP contribution is 2.26. The van der Waals surface area contributed by atoms with Crippen LogP contribution in [0, 0.1) is 0 Å². The minimum absolute atomic E-state index is 0.260. The summed E-state index contributed by atoms with van der Waals surface area (Å²) in [6.07, 6.45) is -0.799. The summed E-state index contributed by atoms with van der Waals surface area (Å²) in [5.74, 6) is -0.479. The van der Waals surface area contributed by atoms with Crippen molar-refractivity contribution >= 4 is 34.8 Å². The van der Waals surface area contributed by atoms with E-state index in [1.54, 1.807) is 42.5 Å². The molecule has 0 aromatic heterocycles. The molecule has 1 amide bonds. The number of aliphatic hydroxyl groups excluding tert-OH is 1. The highest BCUT2D eigenvalue weighted by molar-refractivity contribution is 6.33. The lowest BCUT2D eigenvalue weighted by Gasteiger charge is -2.15. The van der Waals surface area contributed by atoms with Gasteiger partial charge >= 0.3 is 0 Å². The van der Waals surface area contributed by atoms with E-state index in [2.05, 4.69) is 5.32 Å². The Labute approximate surface area is 132 Å². The molecule has 110 valence electrons. The second-order valence-corrected chi connectivity index (χ2v) is 5.35. The number of hydrogen-bond donors (Lipinski definition) is 3. The molecule has 0 fully saturated rings. The molecule has 0 aliphatic heterocycles. The number of halogens is 2. The molecule has 0 aliphatic rings. The fourth-order valence-electron chi connectivity index (χ4n) is 1.85. The summed E-state index contributed by atoms with van der Waals surface area (Å²) in [4.78, 5) is 11.0. The van der Waals surface area contributed by atoms with E-state index in [4.69, 9.17) is 28.9 Å². The molecule has 0 spiro atoms. The van der Waals surface area contributed by atoms with Gasteiger partial charge in [-0.15, -0.1) is 0 Å². The average Bonchev–Trinajstić information content (AvgIpc) is 2.47. The van der Waals surface area contributed by atoms with Crippen molar-refractivity contribution in [2.45, 2.75) is 6.10 Å². The van der Waals surface area contributed by atoms with E-state index in [1.807, 2.05) is 0 Å². The fourth-order valence-corrected chi connectivity index (χ4v) is 2.27. The molecule has 21 heavy (non-hydrogen) atoms. The lowest BCUT2D eigenvalue weighted by Crippen LogP contribution is -2.13. The van der Waals surface area contributed by atoms with Crippen molar-refractivity contribution < 1.29 is 9.90 Å². The van der Waals surface area contributed by atoms with Gasteiger partial charge in [0.05, 0.1) is 6.10 Å². The van der Waals surface area contributed by atoms with Crippen molar-refractivity contribution in [1.29, 1.82) is 0 Å². The molecule has 2 aromatic rings. The Hall–Kier alpha value is -1.75. The van der Waals surface area contributed by atoms with E-state index < -0.39 is 12.0 Å². The molecule has 2 aromatic carbocycles. The lowest BCUT2D eigenvalue weighted by atomic mass is 10.1. The third-order valence-electron chi connectivity index (χ3n) is 2.99. The Morgan fingerprint density at radius 3 is 2.48 bits per heavy atom. The van der Waals surface area contributed by atoms with Crippen LogP contribution in [-0.4, -0.2) is 17.6 Å². The Morgan fingerprint density at radius 1 is 1.19 bits per heavy atom. The number of benzene rings is 2. The quantitative estimate of drug-likeness (QED) is 0.790. The zero-order valence-corrected chi connectivity index (χ0v) is 12.5. The van der Waals surface area contributed by atoms with Crippen molar-refractivity contribution in [1.82, 2.24) is 0 Å². The molecule has 0 saturated carbocycles. The second-order valence-electron chi connectivity index (χ2n) is 4.50. The van der Waals surface area contributed by atoms with E-state index in [9.17, 15) is 9.90 Å². The molecule has 0 aliphatic carbocycles. The third-order valence-corrected chi connectivity index (χ3v) is 3.57. The van der Waals surface area contributed by atoms with Gasteiger partial charge in [-0.05, 0) is 42.5 Å². The predicted molar refractivity (Wildman–Crippen MR) is 84.9 cm³/mol. The molecule has 0 bridgehead atoms. The number of aliphatic hydroxyl groups is 1. The molecular formula is C15H14Cl2N2O2. The first-order valence-electron chi connectivity index (χ1n) is 6.24. The standard InChI is InChI=1S/C15H14Cl2N2O2/c16-10-3-6-13(17)12(7-10)14(20)8-19-11-4-1-9(2-5-11)15(18)21/h1-7,14,19-20H,8H2,(H2,18,21). The van der Waals surface area contributed by atoms with Gasteiger partial charge in [-0.2, -0.15) is 0 Å². The van der Waals surface area contributed by atoms with Gasteiger partial charge in [-0.1, -0.05) is 23.2 Å². The van der Waals surface area contributed by atoms with Crippen molar-refractivity contribution in [3.63, 3.8) is 0 Å². The van der Waals surface area contributed by atoms with Crippen LogP contribution in [0.1, 0.15) is 22.0 Å². The van der Waals surface area contributed by atoms with Crippen LogP contribution in [0.25, 0.3) is 0 Å². The van der Waals surface area contributed by atoms with E-state index in [0.717, 1.165) is 5.69 Å². The highest BCUT2D eigenvalue weighted by atomic mass is 35.5. The van der Waals surface area contributed by atoms with Crippen LogP contribution in [0.15, 0.2) is 42.5 Å². The van der Waals surface area contributed by atoms with Crippen molar-refractivity contribution in [3.05, 3.63) is 63.6 Å². The number of carbonyl (C=O) groups excluding carboxylic acids is 1. The maximum absolute atomic E-state index is 11.0. The summed E-state index contributed by atoms with van der Waals surface area (Å²) in [5, 5.41) is 14.2. The smallest absolute Gasteiger partial charge is 0.248 e. The van der Waals surface area contributed by atoms with Crippen LogP contribution < -0.4 is 11.1 Å². The average molecular weight is 325 g/mol. The van der Waals surface area contributed by atoms with E-state index in [0.29, 0.717) is 21.2 Å². The van der Waals surface area contributed by atoms with Gasteiger partial charge in [0.25, 0.3) is 0 Å². The van der Waals surface area contributed by atoms with Gasteiger partial charge in [0.15, 0.2) is 0 Å². The molecule has 0 saturated heterocycles. The fraction of sp³-hybridized carbons (Fsp3) is 0.133. The van der Waals surface area contributed by atoms with E-state index >= 15 is 0 Å². The SMILES string of the molecule is NC(=O)c1ccc(NCC(O)c2cc(Cl)ccc2Cl)cc1. The topological polar surface area (TPSA) is 75.4 Å². The number of primary amides is 1. The predicted octanol–water partition coefficient (Wildman–Crippen LogP) is 3.24. The minimum atomic E-state index is -0.799. The highest BCUT2D eigenvalue weighted by Gasteiger charge is 2.12. The Morgan fingerprint density at radius 2 is 1.86 bits per heavy atom. The largest absolute Gasteiger partial charge is 0.387 e. The monoisotopic (exact) mass is 324 g/mol. The number of carbonyl (C=O) groups is 1. The Bertz CT molecular complexity index is 645. The van der Waals surface area contributed by atoms with Gasteiger partial charge in [-0.3, -0.25) is 4.79 Å². The number of nitrogens with two attached hydrogens (primary N) is 1. The second kappa shape index (κ2) is 6.80. The third kappa shape index (κ3) is 4.11. The van der Waals surface area contributed by atoms with Crippen LogP contribution in [0.3, 0.4) is 0 Å². The summed E-state index contributed by atoms with van der Waals surface area (Å²) >= 11 is 11.9. The zero-order chi connectivity index (χ0) is 15.4. The number of hydrogen-bond acceptors (Lipinski definition) is 3. The molecular weight excluding hydrogens is 311 g/mol. The van der Waals surface area contributed by atoms with Gasteiger partial charge in [0.1, 0.15) is 0 Å². The van der Waals surface area contributed by atoms with Crippen molar-refractivity contribution in [2.24, 2.45) is 5.73 Å². The molecule has 1 atom stereocenters. The van der Waals surface area contributed by atoms with Crippen LogP contribution >= 0.6 is 23.2 Å². The van der Waals surface area contributed by atoms with Gasteiger partial charge in [-0.25, -0.2) is 0 Å². The van der Waals surface area contributed by atoms with Crippen LogP contribution in [0.2, 0.25) is 10.0 Å². The molecule has 4 nitrogen and oxygen atoms in total. The summed E-state index contributed by atoms with van der Waals surface area (Å²) in [6, 6.07) is 11.6. The summed E-state index contributed by atoms with van der Waals surface area (Å²) in [7, 11) is 0. The maximum atomic E-state index is 11.0. The first kappa shape index (κ1) is 15.6. The van der Waals surface area contributed by atoms with Crippen LogP contribution in [0.4, 0.5) is 5.69 Å². The summed E-state index contributed by atoms with van der Waals surface area (Å²) < 4.78 is 0. The number of nitrogens with one attached hydrogen (secondary N) is 1. The Balaban J connectivity index is 2.02. The van der Waals surface area contributed by atoms with Crippen molar-refractivity contribution in [2.75, 3.05) is 11.9 Å².